The van der Waals surface area contributed by atoms with Crippen molar-refractivity contribution in [2.75, 3.05) is 53.6 Å². The molecule has 1 aliphatic rings. The lowest BCUT2D eigenvalue weighted by molar-refractivity contribution is 0.0124. The number of guanidine groups is 1. The van der Waals surface area contributed by atoms with Crippen LogP contribution in [0, 0.1) is 13.8 Å². The Morgan fingerprint density at radius 2 is 1.97 bits per heavy atom. The molecular formula is C23H34N4O3. The molecule has 0 bridgehead atoms. The van der Waals surface area contributed by atoms with E-state index in [1.807, 2.05) is 19.1 Å². The highest BCUT2D eigenvalue weighted by atomic mass is 16.5. The van der Waals surface area contributed by atoms with Gasteiger partial charge in [0, 0.05) is 33.2 Å². The first-order chi connectivity index (χ1) is 14.6. The van der Waals surface area contributed by atoms with Gasteiger partial charge in [-0.2, -0.15) is 0 Å². The van der Waals surface area contributed by atoms with E-state index in [0.717, 1.165) is 62.5 Å². The highest BCUT2D eigenvalue weighted by Gasteiger charge is 2.25. The molecule has 1 aliphatic heterocycles. The number of ether oxygens (including phenoxy) is 2. The Labute approximate surface area is 179 Å². The minimum atomic E-state index is 0.137. The van der Waals surface area contributed by atoms with Crippen molar-refractivity contribution in [1.29, 1.82) is 0 Å². The van der Waals surface area contributed by atoms with Gasteiger partial charge >= 0.3 is 0 Å². The Morgan fingerprint density at radius 3 is 2.63 bits per heavy atom. The summed E-state index contributed by atoms with van der Waals surface area (Å²) in [5.74, 6) is 3.61. The predicted molar refractivity (Wildman–Crippen MR) is 119 cm³/mol. The van der Waals surface area contributed by atoms with Gasteiger partial charge in [0.25, 0.3) is 0 Å². The second kappa shape index (κ2) is 11.0. The number of rotatable bonds is 8. The SMILES string of the molecule is CN=C(NCCc1cc(C)ccc1OC)NCC(c1ccc(C)o1)N1CCOCC1. The van der Waals surface area contributed by atoms with Crippen molar-refractivity contribution in [2.45, 2.75) is 26.3 Å². The average Bonchev–Trinajstić information content (AvgIpc) is 3.19. The molecule has 2 aromatic rings. The molecule has 1 saturated heterocycles. The number of aliphatic imine (C=N–C) groups is 1. The van der Waals surface area contributed by atoms with E-state index in [1.54, 1.807) is 14.2 Å². The quantitative estimate of drug-likeness (QED) is 0.511. The van der Waals surface area contributed by atoms with E-state index >= 15 is 0 Å². The smallest absolute Gasteiger partial charge is 0.191 e. The zero-order chi connectivity index (χ0) is 21.3. The van der Waals surface area contributed by atoms with E-state index in [0.29, 0.717) is 6.54 Å². The summed E-state index contributed by atoms with van der Waals surface area (Å²) in [6, 6.07) is 10.5. The molecule has 7 nitrogen and oxygen atoms in total. The second-order valence-electron chi connectivity index (χ2n) is 7.56. The van der Waals surface area contributed by atoms with Gasteiger partial charge in [0.15, 0.2) is 5.96 Å². The number of hydrogen-bond donors (Lipinski definition) is 2. The average molecular weight is 415 g/mol. The van der Waals surface area contributed by atoms with Crippen LogP contribution in [0.4, 0.5) is 0 Å². The van der Waals surface area contributed by atoms with E-state index in [9.17, 15) is 0 Å². The van der Waals surface area contributed by atoms with Crippen molar-refractivity contribution in [2.24, 2.45) is 4.99 Å². The molecule has 30 heavy (non-hydrogen) atoms. The largest absolute Gasteiger partial charge is 0.496 e. The molecule has 0 radical (unpaired) electrons. The molecule has 7 heteroatoms. The molecule has 164 valence electrons. The molecule has 0 aliphatic carbocycles. The third-order valence-electron chi connectivity index (χ3n) is 5.39. The van der Waals surface area contributed by atoms with Crippen molar-refractivity contribution in [3.05, 3.63) is 53.0 Å². The van der Waals surface area contributed by atoms with Crippen LogP contribution in [0.3, 0.4) is 0 Å². The molecule has 0 spiro atoms. The Bertz CT molecular complexity index is 828. The van der Waals surface area contributed by atoms with Crippen LogP contribution in [-0.2, 0) is 11.2 Å². The maximum atomic E-state index is 5.94. The molecular weight excluding hydrogens is 380 g/mol. The van der Waals surface area contributed by atoms with Gasteiger partial charge in [-0.25, -0.2) is 0 Å². The number of aryl methyl sites for hydroxylation is 2. The number of nitrogens with one attached hydrogen (secondary N) is 2. The Kier molecular flexibility index (Phi) is 8.16. The first-order valence-electron chi connectivity index (χ1n) is 10.6. The third-order valence-corrected chi connectivity index (χ3v) is 5.39. The summed E-state index contributed by atoms with van der Waals surface area (Å²) >= 11 is 0. The molecule has 0 amide bonds. The maximum Gasteiger partial charge on any atom is 0.191 e. The van der Waals surface area contributed by atoms with Crippen molar-refractivity contribution in [3.63, 3.8) is 0 Å². The summed E-state index contributed by atoms with van der Waals surface area (Å²) in [6.07, 6.45) is 0.857. The summed E-state index contributed by atoms with van der Waals surface area (Å²) < 4.78 is 16.9. The number of furan rings is 1. The van der Waals surface area contributed by atoms with E-state index in [-0.39, 0.29) is 6.04 Å². The Hall–Kier alpha value is -2.51. The predicted octanol–water partition coefficient (Wildman–Crippen LogP) is 2.69. The summed E-state index contributed by atoms with van der Waals surface area (Å²) in [6.45, 7) is 8.84. The van der Waals surface area contributed by atoms with Crippen LogP contribution in [0.1, 0.15) is 28.7 Å². The van der Waals surface area contributed by atoms with Gasteiger partial charge in [-0.05, 0) is 44.0 Å². The molecule has 1 unspecified atom stereocenters. The lowest BCUT2D eigenvalue weighted by Gasteiger charge is -2.33. The van der Waals surface area contributed by atoms with Crippen LogP contribution >= 0.6 is 0 Å². The fraction of sp³-hybridized carbons (Fsp3) is 0.522. The van der Waals surface area contributed by atoms with Gasteiger partial charge in [-0.3, -0.25) is 9.89 Å². The summed E-state index contributed by atoms with van der Waals surface area (Å²) in [5.41, 5.74) is 2.42. The molecule has 3 rings (SSSR count). The van der Waals surface area contributed by atoms with Gasteiger partial charge in [-0.1, -0.05) is 17.7 Å². The molecule has 1 fully saturated rings. The number of morpholine rings is 1. The number of benzene rings is 1. The molecule has 2 N–H and O–H groups in total. The van der Waals surface area contributed by atoms with E-state index in [2.05, 4.69) is 45.6 Å². The van der Waals surface area contributed by atoms with Crippen molar-refractivity contribution >= 4 is 5.96 Å². The normalized spacial score (nSPS) is 16.3. The van der Waals surface area contributed by atoms with Crippen molar-refractivity contribution in [3.8, 4) is 5.75 Å². The number of methoxy groups -OCH3 is 1. The van der Waals surface area contributed by atoms with Crippen LogP contribution in [0.15, 0.2) is 39.7 Å². The molecule has 2 heterocycles. The van der Waals surface area contributed by atoms with Crippen molar-refractivity contribution in [1.82, 2.24) is 15.5 Å². The van der Waals surface area contributed by atoms with Crippen LogP contribution in [0.25, 0.3) is 0 Å². The topological polar surface area (TPSA) is 71.3 Å². The summed E-state index contributed by atoms with van der Waals surface area (Å²) in [4.78, 5) is 6.79. The Morgan fingerprint density at radius 1 is 1.17 bits per heavy atom. The highest BCUT2D eigenvalue weighted by Crippen LogP contribution is 2.23. The summed E-state index contributed by atoms with van der Waals surface area (Å²) in [7, 11) is 3.51. The fourth-order valence-corrected chi connectivity index (χ4v) is 3.76. The van der Waals surface area contributed by atoms with Gasteiger partial charge in [0.05, 0.1) is 26.4 Å². The van der Waals surface area contributed by atoms with E-state index in [1.165, 1.54) is 11.1 Å². The standard InChI is InChI=1S/C23H34N4O3/c1-17-5-7-21(28-4)19(15-17)9-10-25-23(24-3)26-16-20(22-8-6-18(2)30-22)27-11-13-29-14-12-27/h5-8,15,20H,9-14,16H2,1-4H3,(H2,24,25,26). The highest BCUT2D eigenvalue weighted by molar-refractivity contribution is 5.79. The van der Waals surface area contributed by atoms with E-state index < -0.39 is 0 Å². The van der Waals surface area contributed by atoms with Gasteiger partial charge < -0.3 is 24.5 Å². The maximum absolute atomic E-state index is 5.94. The minimum Gasteiger partial charge on any atom is -0.496 e. The molecule has 0 saturated carbocycles. The molecule has 1 atom stereocenters. The van der Waals surface area contributed by atoms with Crippen LogP contribution in [-0.4, -0.2) is 64.4 Å². The monoisotopic (exact) mass is 414 g/mol. The minimum absolute atomic E-state index is 0.137. The zero-order valence-electron chi connectivity index (χ0n) is 18.5. The first-order valence-corrected chi connectivity index (χ1v) is 10.6. The number of hydrogen-bond acceptors (Lipinski definition) is 5. The zero-order valence-corrected chi connectivity index (χ0v) is 18.5. The molecule has 1 aromatic heterocycles. The summed E-state index contributed by atoms with van der Waals surface area (Å²) in [5, 5.41) is 6.88. The van der Waals surface area contributed by atoms with E-state index in [4.69, 9.17) is 13.9 Å². The van der Waals surface area contributed by atoms with Crippen LogP contribution in [0.2, 0.25) is 0 Å². The van der Waals surface area contributed by atoms with Crippen LogP contribution < -0.4 is 15.4 Å². The van der Waals surface area contributed by atoms with Gasteiger partial charge in [0.1, 0.15) is 17.3 Å². The lowest BCUT2D eigenvalue weighted by atomic mass is 10.1. The van der Waals surface area contributed by atoms with Crippen LogP contribution in [0.5, 0.6) is 5.75 Å². The Balaban J connectivity index is 1.56. The van der Waals surface area contributed by atoms with Gasteiger partial charge in [-0.15, -0.1) is 0 Å². The fourth-order valence-electron chi connectivity index (χ4n) is 3.76. The third kappa shape index (κ3) is 6.00. The first kappa shape index (κ1) is 22.2. The van der Waals surface area contributed by atoms with Crippen molar-refractivity contribution < 1.29 is 13.9 Å². The second-order valence-corrected chi connectivity index (χ2v) is 7.56. The number of nitrogens with zero attached hydrogens (tertiary/aromatic N) is 2. The lowest BCUT2D eigenvalue weighted by Crippen LogP contribution is -2.46. The molecule has 1 aromatic carbocycles. The van der Waals surface area contributed by atoms with Gasteiger partial charge in [0.2, 0.25) is 0 Å².